The Labute approximate surface area is 160 Å². The molecule has 0 bridgehead atoms. The van der Waals surface area contributed by atoms with Gasteiger partial charge < -0.3 is 19.7 Å². The molecule has 0 radical (unpaired) electrons. The Morgan fingerprint density at radius 1 is 1.00 bits per heavy atom. The lowest BCUT2D eigenvalue weighted by Gasteiger charge is -2.13. The van der Waals surface area contributed by atoms with E-state index in [4.69, 9.17) is 9.84 Å². The lowest BCUT2D eigenvalue weighted by molar-refractivity contribution is -0.146. The zero-order valence-corrected chi connectivity index (χ0v) is 16.8. The molecule has 2 rings (SSSR count). The molecule has 0 saturated carbocycles. The third kappa shape index (κ3) is 6.24. The van der Waals surface area contributed by atoms with Crippen molar-refractivity contribution in [3.05, 3.63) is 0 Å². The molecule has 2 N–H and O–H groups in total. The lowest BCUT2D eigenvalue weighted by Crippen LogP contribution is -2.31. The van der Waals surface area contributed by atoms with Gasteiger partial charge in [0, 0.05) is 25.0 Å². The monoisotopic (exact) mass is 416 g/mol. The minimum atomic E-state index is -1.62. The van der Waals surface area contributed by atoms with Crippen LogP contribution in [-0.4, -0.2) is 68.6 Å². The second kappa shape index (κ2) is 10.7. The predicted octanol–water partition coefficient (Wildman–Crippen LogP) is 2.06. The van der Waals surface area contributed by atoms with E-state index in [9.17, 15) is 23.5 Å². The standard InChI is InChI=1S/C9H15FO2S.C7H11FO4S/c1-4-7-5(2)8(10)9(13-7)12-6(3)11;1-3(10)12-7-5(8)6(11)4(2-9)13-7/h5,7-9H,4H2,1-3H3;4-7,9,11H,2H2,1H3/t5-,7-,8+,9?;4-,5+,6-,7?/m11/s1. The Morgan fingerprint density at radius 2 is 1.46 bits per heavy atom. The van der Waals surface area contributed by atoms with Gasteiger partial charge in [-0.15, -0.1) is 23.5 Å². The number of carbonyl (C=O) groups is 2. The SMILES string of the molecule is CC(=O)OC1S[C@H](CO)[C@@H](O)[C@@H]1F.CC[C@H]1SC(OC(C)=O)[C@@H](F)[C@@H]1C. The van der Waals surface area contributed by atoms with Gasteiger partial charge in [-0.05, 0) is 6.42 Å². The first-order valence-electron chi connectivity index (χ1n) is 8.34. The molecule has 2 heterocycles. The van der Waals surface area contributed by atoms with Crippen LogP contribution in [0.2, 0.25) is 0 Å². The van der Waals surface area contributed by atoms with Gasteiger partial charge in [0.05, 0.1) is 11.9 Å². The summed E-state index contributed by atoms with van der Waals surface area (Å²) in [5, 5.41) is 17.6. The Hall–Kier alpha value is -0.580. The van der Waals surface area contributed by atoms with E-state index in [-0.39, 0.29) is 17.8 Å². The van der Waals surface area contributed by atoms with E-state index in [0.29, 0.717) is 0 Å². The fraction of sp³-hybridized carbons (Fsp3) is 0.875. The normalized spacial score (nSPS) is 39.1. The van der Waals surface area contributed by atoms with Crippen molar-refractivity contribution in [2.75, 3.05) is 6.61 Å². The molecule has 2 saturated heterocycles. The van der Waals surface area contributed by atoms with E-state index in [2.05, 4.69) is 4.74 Å². The highest BCUT2D eigenvalue weighted by molar-refractivity contribution is 8.01. The van der Waals surface area contributed by atoms with Gasteiger partial charge in [0.1, 0.15) is 6.10 Å². The maximum Gasteiger partial charge on any atom is 0.303 e. The molecule has 0 amide bonds. The number of aliphatic hydroxyl groups is 2. The number of esters is 2. The van der Waals surface area contributed by atoms with Gasteiger partial charge in [0.15, 0.2) is 23.2 Å². The first kappa shape index (κ1) is 23.5. The van der Waals surface area contributed by atoms with Gasteiger partial charge in [-0.2, -0.15) is 0 Å². The van der Waals surface area contributed by atoms with Crippen molar-refractivity contribution < 1.29 is 38.1 Å². The zero-order chi connectivity index (χ0) is 20.0. The number of thioether (sulfide) groups is 2. The molecular formula is C16H26F2O6S2. The molecule has 2 unspecified atom stereocenters. The summed E-state index contributed by atoms with van der Waals surface area (Å²) < 4.78 is 36.1. The predicted molar refractivity (Wildman–Crippen MR) is 96.2 cm³/mol. The van der Waals surface area contributed by atoms with E-state index in [1.165, 1.54) is 25.6 Å². The first-order chi connectivity index (χ1) is 12.1. The molecule has 2 fully saturated rings. The molecule has 2 aliphatic rings. The second-order valence-electron chi connectivity index (χ2n) is 6.13. The van der Waals surface area contributed by atoms with Gasteiger partial charge in [-0.25, -0.2) is 8.78 Å². The molecule has 0 spiro atoms. The Morgan fingerprint density at radius 3 is 1.81 bits per heavy atom. The van der Waals surface area contributed by atoms with Crippen molar-refractivity contribution in [1.82, 2.24) is 0 Å². The van der Waals surface area contributed by atoms with Crippen molar-refractivity contribution in [3.8, 4) is 0 Å². The number of hydrogen-bond donors (Lipinski definition) is 2. The second-order valence-corrected chi connectivity index (χ2v) is 8.82. The molecule has 0 aliphatic carbocycles. The zero-order valence-electron chi connectivity index (χ0n) is 15.1. The summed E-state index contributed by atoms with van der Waals surface area (Å²) in [6, 6.07) is 0. The number of alkyl halides is 2. The quantitative estimate of drug-likeness (QED) is 0.673. The summed E-state index contributed by atoms with van der Waals surface area (Å²) in [7, 11) is 0. The first-order valence-corrected chi connectivity index (χ1v) is 10.2. The van der Waals surface area contributed by atoms with Gasteiger partial charge in [0.25, 0.3) is 0 Å². The molecule has 0 aromatic carbocycles. The van der Waals surface area contributed by atoms with Crippen molar-refractivity contribution in [2.24, 2.45) is 5.92 Å². The summed E-state index contributed by atoms with van der Waals surface area (Å²) in [6.45, 7) is 6.06. The summed E-state index contributed by atoms with van der Waals surface area (Å²) in [5.74, 6) is -1.01. The maximum atomic E-state index is 13.5. The van der Waals surface area contributed by atoms with Crippen LogP contribution in [0.5, 0.6) is 0 Å². The van der Waals surface area contributed by atoms with Crippen molar-refractivity contribution in [1.29, 1.82) is 0 Å². The Kier molecular flexibility index (Phi) is 9.63. The number of aliphatic hydroxyl groups excluding tert-OH is 2. The van der Waals surface area contributed by atoms with E-state index >= 15 is 0 Å². The number of halogens is 2. The van der Waals surface area contributed by atoms with Crippen LogP contribution in [0.25, 0.3) is 0 Å². The summed E-state index contributed by atoms with van der Waals surface area (Å²) in [5.41, 5.74) is -1.58. The fourth-order valence-corrected chi connectivity index (χ4v) is 5.42. The maximum absolute atomic E-state index is 13.5. The summed E-state index contributed by atoms with van der Waals surface area (Å²) in [4.78, 5) is 21.1. The van der Waals surface area contributed by atoms with E-state index in [1.54, 1.807) is 0 Å². The molecule has 152 valence electrons. The fourth-order valence-electron chi connectivity index (χ4n) is 2.65. The molecule has 2 aliphatic heterocycles. The molecule has 0 aromatic heterocycles. The van der Waals surface area contributed by atoms with Crippen molar-refractivity contribution in [2.45, 2.75) is 73.9 Å². The Bertz CT molecular complexity index is 442. The average Bonchev–Trinajstić information content (AvgIpc) is 2.99. The third-order valence-electron chi connectivity index (χ3n) is 4.08. The molecule has 6 nitrogen and oxygen atoms in total. The highest BCUT2D eigenvalue weighted by Crippen LogP contribution is 2.42. The van der Waals surface area contributed by atoms with Crippen molar-refractivity contribution in [3.63, 3.8) is 0 Å². The van der Waals surface area contributed by atoms with Crippen LogP contribution in [0.1, 0.15) is 34.1 Å². The molecule has 8 atom stereocenters. The van der Waals surface area contributed by atoms with Crippen LogP contribution in [0.3, 0.4) is 0 Å². The van der Waals surface area contributed by atoms with Crippen molar-refractivity contribution >= 4 is 35.5 Å². The van der Waals surface area contributed by atoms with Gasteiger partial charge in [-0.1, -0.05) is 13.8 Å². The Balaban J connectivity index is 0.000000260. The molecular weight excluding hydrogens is 390 g/mol. The van der Waals surface area contributed by atoms with E-state index in [1.807, 2.05) is 13.8 Å². The number of carbonyl (C=O) groups excluding carboxylic acids is 2. The topological polar surface area (TPSA) is 93.1 Å². The van der Waals surface area contributed by atoms with Gasteiger partial charge >= 0.3 is 11.9 Å². The van der Waals surface area contributed by atoms with E-state index < -0.39 is 46.5 Å². The van der Waals surface area contributed by atoms with Crippen LogP contribution < -0.4 is 0 Å². The highest BCUT2D eigenvalue weighted by atomic mass is 32.2. The molecule has 26 heavy (non-hydrogen) atoms. The summed E-state index contributed by atoms with van der Waals surface area (Å²) >= 11 is 2.37. The number of hydrogen-bond acceptors (Lipinski definition) is 8. The van der Waals surface area contributed by atoms with Crippen LogP contribution >= 0.6 is 23.5 Å². The lowest BCUT2D eigenvalue weighted by atomic mass is 10.0. The minimum Gasteiger partial charge on any atom is -0.448 e. The largest absolute Gasteiger partial charge is 0.448 e. The minimum absolute atomic E-state index is 0.0145. The molecule has 10 heteroatoms. The van der Waals surface area contributed by atoms with Gasteiger partial charge in [0.2, 0.25) is 0 Å². The van der Waals surface area contributed by atoms with Crippen LogP contribution in [0, 0.1) is 5.92 Å². The van der Waals surface area contributed by atoms with Crippen LogP contribution in [-0.2, 0) is 19.1 Å². The number of rotatable bonds is 4. The summed E-state index contributed by atoms with van der Waals surface area (Å²) in [6.07, 6.45) is -2.98. The highest BCUT2D eigenvalue weighted by Gasteiger charge is 2.45. The van der Waals surface area contributed by atoms with E-state index in [0.717, 1.165) is 18.2 Å². The number of ether oxygens (including phenoxy) is 2. The third-order valence-corrected chi connectivity index (χ3v) is 7.22. The van der Waals surface area contributed by atoms with Crippen LogP contribution in [0.15, 0.2) is 0 Å². The smallest absolute Gasteiger partial charge is 0.303 e. The average molecular weight is 417 g/mol. The molecule has 0 aromatic rings. The van der Waals surface area contributed by atoms with Crippen LogP contribution in [0.4, 0.5) is 8.78 Å². The van der Waals surface area contributed by atoms with Gasteiger partial charge in [-0.3, -0.25) is 9.59 Å².